The van der Waals surface area contributed by atoms with Gasteiger partial charge in [0.15, 0.2) is 6.61 Å². The van der Waals surface area contributed by atoms with E-state index in [2.05, 4.69) is 10.5 Å². The highest BCUT2D eigenvalue weighted by Gasteiger charge is 2.08. The minimum Gasteiger partial charge on any atom is -0.484 e. The lowest BCUT2D eigenvalue weighted by atomic mass is 10.1. The third-order valence-corrected chi connectivity index (χ3v) is 3.81. The van der Waals surface area contributed by atoms with E-state index in [4.69, 9.17) is 20.8 Å². The molecule has 9 heteroatoms. The number of non-ortho nitro benzene ring substituents is 1. The number of nitro groups is 1. The zero-order valence-corrected chi connectivity index (χ0v) is 15.1. The van der Waals surface area contributed by atoms with E-state index in [0.717, 1.165) is 0 Å². The van der Waals surface area contributed by atoms with Gasteiger partial charge in [0, 0.05) is 22.7 Å². The molecule has 0 radical (unpaired) electrons. The quantitative estimate of drug-likeness (QED) is 0.366. The lowest BCUT2D eigenvalue weighted by Gasteiger charge is -2.04. The molecule has 0 saturated carbocycles. The molecule has 1 heterocycles. The standard InChI is InChI=1S/C19H14ClN3O5/c20-14-3-7-16(8-4-14)27-12-19(24)22-21-11-17-9-10-18(28-17)13-1-5-15(6-2-13)23(25)26/h1-11H,12H2,(H,22,24). The van der Waals surface area contributed by atoms with Crippen LogP contribution in [0.15, 0.2) is 70.2 Å². The molecule has 0 unspecified atom stereocenters. The van der Waals surface area contributed by atoms with Gasteiger partial charge in [-0.2, -0.15) is 5.10 Å². The molecule has 1 amide bonds. The maximum Gasteiger partial charge on any atom is 0.277 e. The van der Waals surface area contributed by atoms with E-state index in [1.54, 1.807) is 48.5 Å². The SMILES string of the molecule is O=C(COc1ccc(Cl)cc1)NN=Cc1ccc(-c2ccc([N+](=O)[O-])cc2)o1. The first kappa shape index (κ1) is 19.1. The van der Waals surface area contributed by atoms with Crippen molar-refractivity contribution in [1.29, 1.82) is 0 Å². The van der Waals surface area contributed by atoms with Gasteiger partial charge in [0.1, 0.15) is 17.3 Å². The molecular weight excluding hydrogens is 386 g/mol. The zero-order chi connectivity index (χ0) is 19.9. The molecule has 2 aromatic carbocycles. The Bertz CT molecular complexity index is 997. The van der Waals surface area contributed by atoms with Crippen LogP contribution in [-0.2, 0) is 4.79 Å². The van der Waals surface area contributed by atoms with Crippen LogP contribution in [0.3, 0.4) is 0 Å². The molecule has 1 aromatic heterocycles. The Morgan fingerprint density at radius 3 is 2.54 bits per heavy atom. The molecule has 0 saturated heterocycles. The summed E-state index contributed by atoms with van der Waals surface area (Å²) in [4.78, 5) is 21.9. The van der Waals surface area contributed by atoms with Gasteiger partial charge in [0.05, 0.1) is 11.1 Å². The molecule has 0 aliphatic rings. The fraction of sp³-hybridized carbons (Fsp3) is 0.0526. The Balaban J connectivity index is 1.51. The summed E-state index contributed by atoms with van der Waals surface area (Å²) in [6, 6.07) is 16.0. The predicted molar refractivity (Wildman–Crippen MR) is 103 cm³/mol. The molecule has 28 heavy (non-hydrogen) atoms. The van der Waals surface area contributed by atoms with Crippen molar-refractivity contribution in [3.63, 3.8) is 0 Å². The number of halogens is 1. The monoisotopic (exact) mass is 399 g/mol. The number of hydrogen-bond acceptors (Lipinski definition) is 6. The maximum absolute atomic E-state index is 11.7. The smallest absolute Gasteiger partial charge is 0.277 e. The summed E-state index contributed by atoms with van der Waals surface area (Å²) < 4.78 is 10.9. The van der Waals surface area contributed by atoms with E-state index < -0.39 is 10.8 Å². The third kappa shape index (κ3) is 5.18. The van der Waals surface area contributed by atoms with E-state index in [1.165, 1.54) is 18.3 Å². The first-order valence-corrected chi connectivity index (χ1v) is 8.44. The van der Waals surface area contributed by atoms with Gasteiger partial charge in [-0.15, -0.1) is 0 Å². The van der Waals surface area contributed by atoms with Crippen LogP contribution in [0.5, 0.6) is 5.75 Å². The number of hydrazone groups is 1. The van der Waals surface area contributed by atoms with Gasteiger partial charge < -0.3 is 9.15 Å². The molecule has 3 rings (SSSR count). The van der Waals surface area contributed by atoms with Crippen molar-refractivity contribution in [2.24, 2.45) is 5.10 Å². The van der Waals surface area contributed by atoms with Crippen LogP contribution < -0.4 is 10.2 Å². The van der Waals surface area contributed by atoms with Crippen LogP contribution >= 0.6 is 11.6 Å². The Morgan fingerprint density at radius 2 is 1.86 bits per heavy atom. The molecule has 0 fully saturated rings. The Kier molecular flexibility index (Phi) is 6.03. The van der Waals surface area contributed by atoms with E-state index in [9.17, 15) is 14.9 Å². The molecular formula is C19H14ClN3O5. The first-order valence-electron chi connectivity index (χ1n) is 8.06. The Morgan fingerprint density at radius 1 is 1.14 bits per heavy atom. The van der Waals surface area contributed by atoms with Crippen molar-refractivity contribution in [3.8, 4) is 17.1 Å². The highest BCUT2D eigenvalue weighted by atomic mass is 35.5. The first-order chi connectivity index (χ1) is 13.5. The number of carbonyl (C=O) groups is 1. The lowest BCUT2D eigenvalue weighted by Crippen LogP contribution is -2.24. The number of amides is 1. The van der Waals surface area contributed by atoms with Crippen LogP contribution in [0.1, 0.15) is 5.76 Å². The van der Waals surface area contributed by atoms with Gasteiger partial charge in [-0.3, -0.25) is 14.9 Å². The van der Waals surface area contributed by atoms with Crippen LogP contribution in [-0.4, -0.2) is 23.7 Å². The van der Waals surface area contributed by atoms with Crippen molar-refractivity contribution in [3.05, 3.63) is 81.6 Å². The van der Waals surface area contributed by atoms with Crippen molar-refractivity contribution >= 4 is 29.4 Å². The van der Waals surface area contributed by atoms with Crippen LogP contribution in [0.2, 0.25) is 5.02 Å². The Labute approximate surface area is 164 Å². The fourth-order valence-electron chi connectivity index (χ4n) is 2.20. The van der Waals surface area contributed by atoms with Gasteiger partial charge in [-0.05, 0) is 48.5 Å². The predicted octanol–water partition coefficient (Wildman–Crippen LogP) is 4.04. The van der Waals surface area contributed by atoms with Gasteiger partial charge in [0.2, 0.25) is 0 Å². The number of ether oxygens (including phenoxy) is 1. The number of benzene rings is 2. The van der Waals surface area contributed by atoms with Gasteiger partial charge >= 0.3 is 0 Å². The summed E-state index contributed by atoms with van der Waals surface area (Å²) in [7, 11) is 0. The molecule has 0 aliphatic carbocycles. The van der Waals surface area contributed by atoms with E-state index >= 15 is 0 Å². The molecule has 142 valence electrons. The second-order valence-electron chi connectivity index (χ2n) is 5.54. The second kappa shape index (κ2) is 8.83. The number of hydrogen-bond donors (Lipinski definition) is 1. The van der Waals surface area contributed by atoms with Crippen LogP contribution in [0.4, 0.5) is 5.69 Å². The second-order valence-corrected chi connectivity index (χ2v) is 5.98. The molecule has 8 nitrogen and oxygen atoms in total. The van der Waals surface area contributed by atoms with E-state index in [1.807, 2.05) is 0 Å². The van der Waals surface area contributed by atoms with E-state index in [-0.39, 0.29) is 12.3 Å². The Hall–Kier alpha value is -3.65. The summed E-state index contributed by atoms with van der Waals surface area (Å²) in [6.45, 7) is -0.203. The van der Waals surface area contributed by atoms with Gasteiger partial charge in [0.25, 0.3) is 11.6 Å². The van der Waals surface area contributed by atoms with Gasteiger partial charge in [-0.1, -0.05) is 11.6 Å². The summed E-state index contributed by atoms with van der Waals surface area (Å²) >= 11 is 5.77. The van der Waals surface area contributed by atoms with Crippen molar-refractivity contribution in [2.75, 3.05) is 6.61 Å². The number of nitrogens with zero attached hydrogens (tertiary/aromatic N) is 2. The van der Waals surface area contributed by atoms with Crippen molar-refractivity contribution in [1.82, 2.24) is 5.43 Å². The average molecular weight is 400 g/mol. The lowest BCUT2D eigenvalue weighted by molar-refractivity contribution is -0.384. The zero-order valence-electron chi connectivity index (χ0n) is 14.4. The maximum atomic E-state index is 11.7. The highest BCUT2D eigenvalue weighted by Crippen LogP contribution is 2.24. The number of carbonyl (C=O) groups excluding carboxylic acids is 1. The number of furan rings is 1. The summed E-state index contributed by atoms with van der Waals surface area (Å²) in [5.41, 5.74) is 3.01. The third-order valence-electron chi connectivity index (χ3n) is 3.55. The number of rotatable bonds is 7. The fourth-order valence-corrected chi connectivity index (χ4v) is 2.33. The molecule has 0 bridgehead atoms. The topological polar surface area (TPSA) is 107 Å². The molecule has 0 spiro atoms. The largest absolute Gasteiger partial charge is 0.484 e. The number of nitrogens with one attached hydrogen (secondary N) is 1. The summed E-state index contributed by atoms with van der Waals surface area (Å²) in [5.74, 6) is 1.01. The van der Waals surface area contributed by atoms with Crippen molar-refractivity contribution < 1.29 is 18.9 Å². The van der Waals surface area contributed by atoms with Crippen LogP contribution in [0.25, 0.3) is 11.3 Å². The molecule has 1 N–H and O–H groups in total. The minimum absolute atomic E-state index is 0.000577. The van der Waals surface area contributed by atoms with Crippen LogP contribution in [0, 0.1) is 10.1 Å². The molecule has 0 aliphatic heterocycles. The summed E-state index contributed by atoms with van der Waals surface area (Å²) in [6.07, 6.45) is 1.34. The van der Waals surface area contributed by atoms with Crippen molar-refractivity contribution in [2.45, 2.75) is 0 Å². The minimum atomic E-state index is -0.469. The number of nitro benzene ring substituents is 1. The van der Waals surface area contributed by atoms with E-state index in [0.29, 0.717) is 27.9 Å². The molecule has 3 aromatic rings. The summed E-state index contributed by atoms with van der Waals surface area (Å²) in [5, 5.41) is 15.1. The molecule has 0 atom stereocenters. The normalized spacial score (nSPS) is 10.8. The average Bonchev–Trinajstić information content (AvgIpc) is 3.16. The van der Waals surface area contributed by atoms with Gasteiger partial charge in [-0.25, -0.2) is 5.43 Å². The highest BCUT2D eigenvalue weighted by molar-refractivity contribution is 6.30.